The van der Waals surface area contributed by atoms with Gasteiger partial charge in [-0.3, -0.25) is 9.59 Å². The Morgan fingerprint density at radius 2 is 1.91 bits per heavy atom. The Hall–Kier alpha value is -1.89. The zero-order valence-electron chi connectivity index (χ0n) is 12.4. The van der Waals surface area contributed by atoms with E-state index in [9.17, 15) is 19.5 Å². The lowest BCUT2D eigenvalue weighted by Crippen LogP contribution is -2.45. The van der Waals surface area contributed by atoms with Crippen molar-refractivity contribution in [1.29, 1.82) is 0 Å². The van der Waals surface area contributed by atoms with Crippen molar-refractivity contribution in [2.24, 2.45) is 5.92 Å². The molecule has 0 bridgehead atoms. The number of carbonyl (C=O) groups is 3. The molecule has 2 unspecified atom stereocenters. The van der Waals surface area contributed by atoms with Gasteiger partial charge in [-0.25, -0.2) is 4.79 Å². The van der Waals surface area contributed by atoms with Crippen molar-refractivity contribution in [2.75, 3.05) is 18.0 Å². The van der Waals surface area contributed by atoms with Gasteiger partial charge in [0, 0.05) is 17.6 Å². The van der Waals surface area contributed by atoms with Crippen molar-refractivity contribution in [3.05, 3.63) is 28.7 Å². The molecule has 2 aliphatic rings. The van der Waals surface area contributed by atoms with E-state index in [1.807, 2.05) is 24.3 Å². The largest absolute Gasteiger partial charge is 0.480 e. The summed E-state index contributed by atoms with van der Waals surface area (Å²) in [7, 11) is 0. The zero-order chi connectivity index (χ0) is 16.6. The van der Waals surface area contributed by atoms with E-state index < -0.39 is 17.9 Å². The first-order valence-electron chi connectivity index (χ1n) is 7.60. The predicted molar refractivity (Wildman–Crippen MR) is 87.0 cm³/mol. The Morgan fingerprint density at radius 3 is 2.61 bits per heavy atom. The smallest absolute Gasteiger partial charge is 0.326 e. The van der Waals surface area contributed by atoms with E-state index in [4.69, 9.17) is 0 Å². The van der Waals surface area contributed by atoms with Gasteiger partial charge in [-0.1, -0.05) is 12.1 Å². The highest BCUT2D eigenvalue weighted by Crippen LogP contribution is 2.33. The van der Waals surface area contributed by atoms with E-state index >= 15 is 0 Å². The van der Waals surface area contributed by atoms with Crippen LogP contribution < -0.4 is 4.90 Å². The number of benzene rings is 1. The first-order valence-corrected chi connectivity index (χ1v) is 8.39. The Kier molecular flexibility index (Phi) is 4.39. The fraction of sp³-hybridized carbons (Fsp3) is 0.438. The minimum atomic E-state index is -0.996. The summed E-state index contributed by atoms with van der Waals surface area (Å²) in [6.45, 7) is 0.873. The lowest BCUT2D eigenvalue weighted by atomic mass is 10.1. The van der Waals surface area contributed by atoms with Crippen LogP contribution >= 0.6 is 15.9 Å². The number of likely N-dealkylation sites (tertiary alicyclic amines) is 1. The zero-order valence-corrected chi connectivity index (χ0v) is 14.0. The average molecular weight is 381 g/mol. The van der Waals surface area contributed by atoms with Gasteiger partial charge in [0.15, 0.2) is 0 Å². The van der Waals surface area contributed by atoms with Gasteiger partial charge in [0.1, 0.15) is 12.0 Å². The van der Waals surface area contributed by atoms with Gasteiger partial charge >= 0.3 is 5.97 Å². The third-order valence-corrected chi connectivity index (χ3v) is 5.14. The second-order valence-electron chi connectivity index (χ2n) is 5.81. The van der Waals surface area contributed by atoms with Gasteiger partial charge in [0.25, 0.3) is 0 Å². The average Bonchev–Trinajstić information content (AvgIpc) is 3.14. The summed E-state index contributed by atoms with van der Waals surface area (Å²) in [5.74, 6) is -2.38. The highest BCUT2D eigenvalue weighted by Gasteiger charge is 2.44. The number of carboxylic acid groups (broad SMARTS) is 1. The molecule has 0 radical (unpaired) electrons. The van der Waals surface area contributed by atoms with E-state index in [2.05, 4.69) is 15.9 Å². The van der Waals surface area contributed by atoms with Crippen molar-refractivity contribution < 1.29 is 19.5 Å². The maximum Gasteiger partial charge on any atom is 0.326 e. The van der Waals surface area contributed by atoms with Gasteiger partial charge < -0.3 is 14.9 Å². The van der Waals surface area contributed by atoms with E-state index in [0.29, 0.717) is 32.4 Å². The third kappa shape index (κ3) is 2.85. The van der Waals surface area contributed by atoms with Crippen LogP contribution in [-0.2, 0) is 14.4 Å². The van der Waals surface area contributed by atoms with Crippen LogP contribution in [0.4, 0.5) is 5.69 Å². The topological polar surface area (TPSA) is 77.9 Å². The lowest BCUT2D eigenvalue weighted by molar-refractivity contribution is -0.151. The lowest BCUT2D eigenvalue weighted by Gasteiger charge is -2.24. The Morgan fingerprint density at radius 1 is 1.17 bits per heavy atom. The molecular formula is C16H17BrN2O4. The highest BCUT2D eigenvalue weighted by atomic mass is 79.9. The van der Waals surface area contributed by atoms with Crippen LogP contribution in [0.15, 0.2) is 28.7 Å². The molecule has 2 amide bonds. The number of halogens is 1. The molecule has 122 valence electrons. The summed E-state index contributed by atoms with van der Waals surface area (Å²) < 4.78 is 0.797. The van der Waals surface area contributed by atoms with Crippen LogP contribution in [0.25, 0.3) is 0 Å². The molecule has 0 saturated carbocycles. The minimum Gasteiger partial charge on any atom is -0.480 e. The Bertz CT molecular complexity index is 663. The summed E-state index contributed by atoms with van der Waals surface area (Å²) in [6.07, 6.45) is 1.54. The summed E-state index contributed by atoms with van der Waals surface area (Å²) >= 11 is 3.42. The molecular weight excluding hydrogens is 364 g/mol. The molecule has 0 aliphatic carbocycles. The van der Waals surface area contributed by atoms with Crippen molar-refractivity contribution in [1.82, 2.24) is 4.90 Å². The van der Waals surface area contributed by atoms with Gasteiger partial charge in [-0.2, -0.15) is 0 Å². The van der Waals surface area contributed by atoms with Crippen LogP contribution in [0.2, 0.25) is 0 Å². The summed E-state index contributed by atoms with van der Waals surface area (Å²) in [5.41, 5.74) is 0.740. The third-order valence-electron chi connectivity index (χ3n) is 4.47. The molecule has 0 spiro atoms. The van der Waals surface area contributed by atoms with E-state index in [1.54, 1.807) is 4.90 Å². The quantitative estimate of drug-likeness (QED) is 0.812. The molecule has 3 rings (SSSR count). The van der Waals surface area contributed by atoms with Gasteiger partial charge in [0.05, 0.1) is 5.69 Å². The van der Waals surface area contributed by atoms with Gasteiger partial charge in [-0.15, -0.1) is 0 Å². The predicted octanol–water partition coefficient (Wildman–Crippen LogP) is 1.88. The molecule has 1 N–H and O–H groups in total. The molecule has 2 saturated heterocycles. The molecule has 1 aromatic rings. The first-order chi connectivity index (χ1) is 11.0. The summed E-state index contributed by atoms with van der Waals surface area (Å²) in [4.78, 5) is 39.5. The second kappa shape index (κ2) is 6.31. The minimum absolute atomic E-state index is 0.252. The number of hydrogen-bond donors (Lipinski definition) is 1. The Balaban J connectivity index is 1.78. The van der Waals surface area contributed by atoms with Crippen molar-refractivity contribution in [2.45, 2.75) is 25.3 Å². The number of hydrogen-bond acceptors (Lipinski definition) is 3. The number of aliphatic carboxylic acids is 1. The van der Waals surface area contributed by atoms with Gasteiger partial charge in [0.2, 0.25) is 11.8 Å². The molecule has 7 heteroatoms. The molecule has 23 heavy (non-hydrogen) atoms. The Labute approximate surface area is 142 Å². The van der Waals surface area contributed by atoms with Crippen LogP contribution in [0, 0.1) is 5.92 Å². The molecule has 6 nitrogen and oxygen atoms in total. The number of para-hydroxylation sites is 1. The molecule has 2 fully saturated rings. The van der Waals surface area contributed by atoms with E-state index in [-0.39, 0.29) is 11.8 Å². The molecule has 2 heterocycles. The number of carboxylic acids is 1. The maximum atomic E-state index is 12.6. The van der Waals surface area contributed by atoms with Crippen LogP contribution in [0.3, 0.4) is 0 Å². The molecule has 0 aromatic heterocycles. The standard InChI is InChI=1S/C16H17BrN2O4/c17-11-4-1-2-5-12(11)19-9-7-10(15(19)21)14(20)18-8-3-6-13(18)16(22)23/h1-2,4-5,10,13H,3,6-9H2,(H,22,23). The van der Waals surface area contributed by atoms with E-state index in [1.165, 1.54) is 4.90 Å². The van der Waals surface area contributed by atoms with Crippen molar-refractivity contribution in [3.63, 3.8) is 0 Å². The van der Waals surface area contributed by atoms with Crippen LogP contribution in [0.5, 0.6) is 0 Å². The second-order valence-corrected chi connectivity index (χ2v) is 6.66. The molecule has 2 aliphatic heterocycles. The summed E-state index contributed by atoms with van der Waals surface area (Å²) in [6, 6.07) is 6.57. The number of nitrogens with zero attached hydrogens (tertiary/aromatic N) is 2. The van der Waals surface area contributed by atoms with Crippen LogP contribution in [-0.4, -0.2) is 46.9 Å². The number of rotatable bonds is 3. The fourth-order valence-electron chi connectivity index (χ4n) is 3.31. The van der Waals surface area contributed by atoms with Crippen molar-refractivity contribution >= 4 is 39.4 Å². The number of amides is 2. The fourth-order valence-corrected chi connectivity index (χ4v) is 3.81. The molecule has 1 aromatic carbocycles. The van der Waals surface area contributed by atoms with Crippen LogP contribution in [0.1, 0.15) is 19.3 Å². The first kappa shape index (κ1) is 16.0. The normalized spacial score (nSPS) is 24.3. The van der Waals surface area contributed by atoms with Gasteiger partial charge in [-0.05, 0) is 47.3 Å². The number of anilines is 1. The van der Waals surface area contributed by atoms with E-state index in [0.717, 1.165) is 10.2 Å². The SMILES string of the molecule is O=C(O)C1CCCN1C(=O)C1CCN(c2ccccc2Br)C1=O. The summed E-state index contributed by atoms with van der Waals surface area (Å²) in [5, 5.41) is 9.21. The highest BCUT2D eigenvalue weighted by molar-refractivity contribution is 9.10. The monoisotopic (exact) mass is 380 g/mol. The number of carbonyl (C=O) groups excluding carboxylic acids is 2. The molecule has 2 atom stereocenters. The maximum absolute atomic E-state index is 12.6. The van der Waals surface area contributed by atoms with Crippen molar-refractivity contribution in [3.8, 4) is 0 Å².